The largest absolute Gasteiger partial charge is 0.409 e. The first-order valence-corrected chi connectivity index (χ1v) is 5.54. The summed E-state index contributed by atoms with van der Waals surface area (Å²) in [5.74, 6) is 0.221. The van der Waals surface area contributed by atoms with Crippen molar-refractivity contribution in [1.82, 2.24) is 0 Å². The number of halogens is 2. The van der Waals surface area contributed by atoms with Crippen molar-refractivity contribution in [3.63, 3.8) is 0 Å². The van der Waals surface area contributed by atoms with Crippen LogP contribution in [0.5, 0.6) is 0 Å². The Kier molecular flexibility index (Phi) is 5.22. The van der Waals surface area contributed by atoms with E-state index in [2.05, 4.69) is 10.5 Å². The van der Waals surface area contributed by atoms with E-state index < -0.39 is 0 Å². The van der Waals surface area contributed by atoms with E-state index in [1.165, 1.54) is 0 Å². The maximum absolute atomic E-state index is 8.34. The van der Waals surface area contributed by atoms with Crippen molar-refractivity contribution in [3.8, 4) is 0 Å². The highest BCUT2D eigenvalue weighted by Crippen LogP contribution is 2.25. The lowest BCUT2D eigenvalue weighted by Crippen LogP contribution is -2.13. The van der Waals surface area contributed by atoms with E-state index in [1.807, 2.05) is 0 Å². The lowest BCUT2D eigenvalue weighted by Gasteiger charge is -2.08. The molecule has 0 radical (unpaired) electrons. The standard InChI is InChI=1S/C10H13Cl2N3O/c11-7-3-4-8(12)9(6-7)14-5-1-2-10(13)15-16/h3-4,6,14,16H,1-2,5H2,(H2,13,15). The smallest absolute Gasteiger partial charge is 0.139 e. The zero-order chi connectivity index (χ0) is 12.0. The van der Waals surface area contributed by atoms with Crippen LogP contribution in [0.4, 0.5) is 5.69 Å². The van der Waals surface area contributed by atoms with Gasteiger partial charge in [0.15, 0.2) is 0 Å². The number of oxime groups is 1. The van der Waals surface area contributed by atoms with E-state index in [-0.39, 0.29) is 5.84 Å². The Morgan fingerprint density at radius 3 is 2.88 bits per heavy atom. The molecule has 0 aliphatic heterocycles. The molecule has 0 aliphatic rings. The molecule has 0 bridgehead atoms. The number of rotatable bonds is 5. The molecule has 1 aromatic carbocycles. The van der Waals surface area contributed by atoms with Crippen molar-refractivity contribution < 1.29 is 5.21 Å². The number of nitrogens with zero attached hydrogens (tertiary/aromatic N) is 1. The topological polar surface area (TPSA) is 70.6 Å². The van der Waals surface area contributed by atoms with E-state index >= 15 is 0 Å². The first kappa shape index (κ1) is 12.9. The molecule has 0 saturated carbocycles. The van der Waals surface area contributed by atoms with Gasteiger partial charge in [-0.05, 0) is 24.6 Å². The summed E-state index contributed by atoms with van der Waals surface area (Å²) in [6.07, 6.45) is 1.28. The highest BCUT2D eigenvalue weighted by Gasteiger charge is 2.00. The summed E-state index contributed by atoms with van der Waals surface area (Å²) >= 11 is 11.8. The third kappa shape index (κ3) is 4.16. The van der Waals surface area contributed by atoms with Gasteiger partial charge in [-0.25, -0.2) is 0 Å². The molecule has 1 aromatic rings. The molecule has 88 valence electrons. The molecule has 1 rings (SSSR count). The van der Waals surface area contributed by atoms with E-state index in [0.717, 1.165) is 12.1 Å². The predicted molar refractivity (Wildman–Crippen MR) is 67.6 cm³/mol. The van der Waals surface area contributed by atoms with Gasteiger partial charge in [0.05, 0.1) is 10.7 Å². The van der Waals surface area contributed by atoms with Crippen molar-refractivity contribution in [2.45, 2.75) is 12.8 Å². The van der Waals surface area contributed by atoms with Crippen LogP contribution >= 0.6 is 23.2 Å². The van der Waals surface area contributed by atoms with Crippen LogP contribution in [-0.4, -0.2) is 17.6 Å². The van der Waals surface area contributed by atoms with Crippen molar-refractivity contribution in [3.05, 3.63) is 28.2 Å². The summed E-state index contributed by atoms with van der Waals surface area (Å²) in [6, 6.07) is 5.22. The molecule has 0 atom stereocenters. The number of nitrogens with two attached hydrogens (primary N) is 1. The van der Waals surface area contributed by atoms with Gasteiger partial charge in [-0.3, -0.25) is 0 Å². The molecule has 16 heavy (non-hydrogen) atoms. The lowest BCUT2D eigenvalue weighted by atomic mass is 10.2. The van der Waals surface area contributed by atoms with Gasteiger partial charge in [0, 0.05) is 18.0 Å². The minimum absolute atomic E-state index is 0.221. The number of anilines is 1. The highest BCUT2D eigenvalue weighted by molar-refractivity contribution is 6.35. The first-order chi connectivity index (χ1) is 7.63. The van der Waals surface area contributed by atoms with E-state index in [0.29, 0.717) is 23.0 Å². The van der Waals surface area contributed by atoms with Crippen molar-refractivity contribution >= 4 is 34.7 Å². The molecule has 0 spiro atoms. The van der Waals surface area contributed by atoms with Gasteiger partial charge in [-0.15, -0.1) is 0 Å². The number of nitrogens with one attached hydrogen (secondary N) is 1. The molecular weight excluding hydrogens is 249 g/mol. The molecule has 0 aromatic heterocycles. The van der Waals surface area contributed by atoms with Crippen LogP contribution in [0.15, 0.2) is 23.4 Å². The van der Waals surface area contributed by atoms with E-state index in [4.69, 9.17) is 34.1 Å². The van der Waals surface area contributed by atoms with Crippen LogP contribution in [0.1, 0.15) is 12.8 Å². The molecule has 0 aliphatic carbocycles. The van der Waals surface area contributed by atoms with Crippen LogP contribution in [0.2, 0.25) is 10.0 Å². The molecule has 0 fully saturated rings. The van der Waals surface area contributed by atoms with Crippen LogP contribution < -0.4 is 11.1 Å². The van der Waals surface area contributed by atoms with Gasteiger partial charge in [0.25, 0.3) is 0 Å². The molecule has 4 N–H and O–H groups in total. The minimum Gasteiger partial charge on any atom is -0.409 e. The second-order valence-electron chi connectivity index (χ2n) is 3.25. The average molecular weight is 262 g/mol. The number of benzene rings is 1. The molecule has 4 nitrogen and oxygen atoms in total. The van der Waals surface area contributed by atoms with Gasteiger partial charge in [0.1, 0.15) is 5.84 Å². The fourth-order valence-electron chi connectivity index (χ4n) is 1.18. The normalized spacial score (nSPS) is 11.5. The predicted octanol–water partition coefficient (Wildman–Crippen LogP) is 2.93. The highest BCUT2D eigenvalue weighted by atomic mass is 35.5. The Labute approximate surface area is 104 Å². The zero-order valence-electron chi connectivity index (χ0n) is 8.58. The second-order valence-corrected chi connectivity index (χ2v) is 4.09. The second kappa shape index (κ2) is 6.45. The van der Waals surface area contributed by atoms with Gasteiger partial charge < -0.3 is 16.3 Å². The number of amidine groups is 1. The zero-order valence-corrected chi connectivity index (χ0v) is 10.1. The van der Waals surface area contributed by atoms with Crippen molar-refractivity contribution in [2.75, 3.05) is 11.9 Å². The Balaban J connectivity index is 2.40. The monoisotopic (exact) mass is 261 g/mol. The summed E-state index contributed by atoms with van der Waals surface area (Å²) in [7, 11) is 0. The summed E-state index contributed by atoms with van der Waals surface area (Å²) in [5.41, 5.74) is 6.12. The van der Waals surface area contributed by atoms with Crippen molar-refractivity contribution in [2.24, 2.45) is 10.9 Å². The lowest BCUT2D eigenvalue weighted by molar-refractivity contribution is 0.316. The fraction of sp³-hybridized carbons (Fsp3) is 0.300. The molecule has 6 heteroatoms. The van der Waals surface area contributed by atoms with Crippen LogP contribution in [0, 0.1) is 0 Å². The summed E-state index contributed by atoms with van der Waals surface area (Å²) < 4.78 is 0. The fourth-order valence-corrected chi connectivity index (χ4v) is 1.53. The minimum atomic E-state index is 0.221. The third-order valence-corrected chi connectivity index (χ3v) is 2.55. The Morgan fingerprint density at radius 1 is 1.44 bits per heavy atom. The maximum Gasteiger partial charge on any atom is 0.139 e. The summed E-state index contributed by atoms with van der Waals surface area (Å²) in [5, 5.41) is 15.6. The number of hydrogen-bond donors (Lipinski definition) is 3. The first-order valence-electron chi connectivity index (χ1n) is 4.79. The summed E-state index contributed by atoms with van der Waals surface area (Å²) in [6.45, 7) is 0.677. The quantitative estimate of drug-likeness (QED) is 0.251. The molecule has 0 unspecified atom stereocenters. The van der Waals surface area contributed by atoms with Crippen LogP contribution in [-0.2, 0) is 0 Å². The van der Waals surface area contributed by atoms with Gasteiger partial charge in [0.2, 0.25) is 0 Å². The molecule has 0 saturated heterocycles. The van der Waals surface area contributed by atoms with Crippen molar-refractivity contribution in [1.29, 1.82) is 0 Å². The Bertz CT molecular complexity index is 382. The molecular formula is C10H13Cl2N3O. The Morgan fingerprint density at radius 2 is 2.19 bits per heavy atom. The van der Waals surface area contributed by atoms with Crippen LogP contribution in [0.25, 0.3) is 0 Å². The SMILES string of the molecule is NC(CCCNc1cc(Cl)ccc1Cl)=NO. The van der Waals surface area contributed by atoms with Gasteiger partial charge in [-0.2, -0.15) is 0 Å². The Hall–Kier alpha value is -1.13. The summed E-state index contributed by atoms with van der Waals surface area (Å²) in [4.78, 5) is 0. The van der Waals surface area contributed by atoms with E-state index in [1.54, 1.807) is 18.2 Å². The average Bonchev–Trinajstić information content (AvgIpc) is 2.28. The maximum atomic E-state index is 8.34. The van der Waals surface area contributed by atoms with Gasteiger partial charge >= 0.3 is 0 Å². The molecule has 0 amide bonds. The molecule has 0 heterocycles. The third-order valence-electron chi connectivity index (χ3n) is 1.98. The van der Waals surface area contributed by atoms with E-state index in [9.17, 15) is 0 Å². The number of hydrogen-bond acceptors (Lipinski definition) is 3. The van der Waals surface area contributed by atoms with Gasteiger partial charge in [-0.1, -0.05) is 28.4 Å². The van der Waals surface area contributed by atoms with Crippen LogP contribution in [0.3, 0.4) is 0 Å².